The number of rotatable bonds is 3. The summed E-state index contributed by atoms with van der Waals surface area (Å²) in [7, 11) is -4.12. The summed E-state index contributed by atoms with van der Waals surface area (Å²) in [6.45, 7) is 1.22. The zero-order valence-electron chi connectivity index (χ0n) is 13.6. The zero-order chi connectivity index (χ0) is 18.3. The number of benzene rings is 1. The summed E-state index contributed by atoms with van der Waals surface area (Å²) < 4.78 is 32.0. The Hall–Kier alpha value is -2.13. The first-order chi connectivity index (χ1) is 12.5. The van der Waals surface area contributed by atoms with Crippen molar-refractivity contribution >= 4 is 32.7 Å². The Kier molecular flexibility index (Phi) is 4.36. The van der Waals surface area contributed by atoms with Gasteiger partial charge in [-0.25, -0.2) is 8.42 Å². The predicted molar refractivity (Wildman–Crippen MR) is 96.2 cm³/mol. The maximum atomic E-state index is 13.2. The predicted octanol–water partition coefficient (Wildman–Crippen LogP) is 1.84. The molecule has 8 heteroatoms. The summed E-state index contributed by atoms with van der Waals surface area (Å²) in [6, 6.07) is 9.32. The van der Waals surface area contributed by atoms with Crippen molar-refractivity contribution in [3.63, 3.8) is 0 Å². The van der Waals surface area contributed by atoms with Crippen LogP contribution >= 0.6 is 11.3 Å². The van der Waals surface area contributed by atoms with E-state index < -0.39 is 32.4 Å². The number of fused-ring (bicyclic) bond motifs is 1. The van der Waals surface area contributed by atoms with Crippen molar-refractivity contribution < 1.29 is 22.7 Å². The van der Waals surface area contributed by atoms with E-state index in [-0.39, 0.29) is 27.5 Å². The number of carbonyl (C=O) groups is 2. The SMILES string of the molecule is O=C1C(C2CNCCO2)=C(S(=O)(=O)c2cccs2)C(=O)c2ccccc21. The maximum Gasteiger partial charge on any atom is 0.220 e. The van der Waals surface area contributed by atoms with Crippen LogP contribution in [0.1, 0.15) is 20.7 Å². The number of morpholine rings is 1. The van der Waals surface area contributed by atoms with Gasteiger partial charge in [-0.1, -0.05) is 30.3 Å². The molecule has 0 radical (unpaired) electrons. The highest BCUT2D eigenvalue weighted by Crippen LogP contribution is 2.36. The molecule has 1 saturated heterocycles. The van der Waals surface area contributed by atoms with Crippen LogP contribution in [0.25, 0.3) is 0 Å². The van der Waals surface area contributed by atoms with E-state index in [9.17, 15) is 18.0 Å². The number of carbonyl (C=O) groups excluding carboxylic acids is 2. The van der Waals surface area contributed by atoms with Crippen molar-refractivity contribution in [2.45, 2.75) is 10.3 Å². The molecule has 2 aromatic rings. The standard InChI is InChI=1S/C18H15NO5S2/c20-16-11-4-1-2-5-12(11)17(21)18(15(16)13-10-19-7-8-24-13)26(22,23)14-6-3-9-25-14/h1-6,9,13,19H,7-8,10H2. The molecule has 1 aromatic carbocycles. The molecule has 2 heterocycles. The third-order valence-corrected chi connectivity index (χ3v) is 7.61. The van der Waals surface area contributed by atoms with Gasteiger partial charge in [-0.05, 0) is 11.4 Å². The second-order valence-electron chi connectivity index (χ2n) is 5.95. The lowest BCUT2D eigenvalue weighted by Gasteiger charge is -2.29. The maximum absolute atomic E-state index is 13.2. The van der Waals surface area contributed by atoms with Crippen LogP contribution in [0, 0.1) is 0 Å². The van der Waals surface area contributed by atoms with E-state index in [1.54, 1.807) is 29.6 Å². The number of nitrogens with one attached hydrogen (secondary N) is 1. The molecule has 2 aliphatic rings. The fourth-order valence-electron chi connectivity index (χ4n) is 3.20. The number of ketones is 2. The molecule has 0 spiro atoms. The van der Waals surface area contributed by atoms with E-state index in [4.69, 9.17) is 4.74 Å². The van der Waals surface area contributed by atoms with Gasteiger partial charge in [0.25, 0.3) is 0 Å². The van der Waals surface area contributed by atoms with Crippen LogP contribution in [0.4, 0.5) is 0 Å². The summed E-state index contributed by atoms with van der Waals surface area (Å²) in [4.78, 5) is 25.7. The molecule has 1 unspecified atom stereocenters. The van der Waals surface area contributed by atoms with Gasteiger partial charge in [-0.15, -0.1) is 11.3 Å². The molecule has 1 aliphatic carbocycles. The molecule has 6 nitrogen and oxygen atoms in total. The fourth-order valence-corrected chi connectivity index (χ4v) is 5.90. The van der Waals surface area contributed by atoms with Crippen molar-refractivity contribution in [2.24, 2.45) is 0 Å². The zero-order valence-corrected chi connectivity index (χ0v) is 15.2. The van der Waals surface area contributed by atoms with Crippen molar-refractivity contribution in [3.05, 3.63) is 63.4 Å². The normalized spacial score (nSPS) is 21.0. The van der Waals surface area contributed by atoms with E-state index in [0.717, 1.165) is 11.3 Å². The molecule has 1 aliphatic heterocycles. The largest absolute Gasteiger partial charge is 0.371 e. The Labute approximate surface area is 154 Å². The second kappa shape index (κ2) is 6.55. The smallest absolute Gasteiger partial charge is 0.220 e. The second-order valence-corrected chi connectivity index (χ2v) is 9.01. The molecule has 134 valence electrons. The third-order valence-electron chi connectivity index (χ3n) is 4.39. The minimum atomic E-state index is -4.12. The highest BCUT2D eigenvalue weighted by molar-refractivity contribution is 7.98. The molecule has 1 N–H and O–H groups in total. The van der Waals surface area contributed by atoms with Crippen LogP contribution in [0.2, 0.25) is 0 Å². The van der Waals surface area contributed by atoms with Crippen LogP contribution in [-0.2, 0) is 14.6 Å². The lowest BCUT2D eigenvalue weighted by atomic mass is 9.86. The van der Waals surface area contributed by atoms with Gasteiger partial charge in [0.2, 0.25) is 15.6 Å². The number of thiophene rings is 1. The van der Waals surface area contributed by atoms with E-state index in [2.05, 4.69) is 5.32 Å². The molecule has 1 atom stereocenters. The van der Waals surface area contributed by atoms with E-state index >= 15 is 0 Å². The average molecular weight is 389 g/mol. The lowest BCUT2D eigenvalue weighted by molar-refractivity contribution is 0.0475. The molecule has 1 aromatic heterocycles. The monoisotopic (exact) mass is 389 g/mol. The van der Waals surface area contributed by atoms with Crippen molar-refractivity contribution in [1.82, 2.24) is 5.32 Å². The van der Waals surface area contributed by atoms with Gasteiger partial charge in [-0.3, -0.25) is 9.59 Å². The topological polar surface area (TPSA) is 89.5 Å². The first kappa shape index (κ1) is 17.3. The minimum absolute atomic E-state index is 0.0364. The van der Waals surface area contributed by atoms with Crippen LogP contribution in [0.5, 0.6) is 0 Å². The van der Waals surface area contributed by atoms with Gasteiger partial charge >= 0.3 is 0 Å². The van der Waals surface area contributed by atoms with Crippen LogP contribution < -0.4 is 5.32 Å². The van der Waals surface area contributed by atoms with E-state index in [0.29, 0.717) is 13.2 Å². The Morgan fingerprint density at radius 3 is 2.38 bits per heavy atom. The molecule has 0 bridgehead atoms. The fraction of sp³-hybridized carbons (Fsp3) is 0.222. The number of ether oxygens (including phenoxy) is 1. The third kappa shape index (κ3) is 2.66. The van der Waals surface area contributed by atoms with Gasteiger partial charge in [0.15, 0.2) is 5.78 Å². The number of hydrogen-bond acceptors (Lipinski definition) is 7. The van der Waals surface area contributed by atoms with E-state index in [1.807, 2.05) is 0 Å². The molecular weight excluding hydrogens is 374 g/mol. The van der Waals surface area contributed by atoms with Gasteiger partial charge < -0.3 is 10.1 Å². The Balaban J connectivity index is 1.98. The molecule has 0 amide bonds. The Morgan fingerprint density at radius 1 is 1.04 bits per heavy atom. The molecule has 4 rings (SSSR count). The van der Waals surface area contributed by atoms with E-state index in [1.165, 1.54) is 12.1 Å². The van der Waals surface area contributed by atoms with Crippen molar-refractivity contribution in [1.29, 1.82) is 0 Å². The first-order valence-corrected chi connectivity index (χ1v) is 10.4. The minimum Gasteiger partial charge on any atom is -0.371 e. The highest BCUT2D eigenvalue weighted by atomic mass is 32.2. The summed E-state index contributed by atoms with van der Waals surface area (Å²) in [5.41, 5.74) is 0.251. The van der Waals surface area contributed by atoms with Crippen LogP contribution in [-0.4, -0.2) is 45.8 Å². The van der Waals surface area contributed by atoms with Crippen LogP contribution in [0.15, 0.2) is 56.5 Å². The van der Waals surface area contributed by atoms with Crippen molar-refractivity contribution in [3.8, 4) is 0 Å². The van der Waals surface area contributed by atoms with Gasteiger partial charge in [0.1, 0.15) is 15.2 Å². The summed E-state index contributed by atoms with van der Waals surface area (Å²) in [5.74, 6) is -1.12. The lowest BCUT2D eigenvalue weighted by Crippen LogP contribution is -2.43. The quantitative estimate of drug-likeness (QED) is 0.862. The number of allylic oxidation sites excluding steroid dienone is 1. The van der Waals surface area contributed by atoms with Gasteiger partial charge in [0.05, 0.1) is 12.2 Å². The molecule has 1 fully saturated rings. The van der Waals surface area contributed by atoms with Gasteiger partial charge in [0, 0.05) is 24.2 Å². The Morgan fingerprint density at radius 2 is 1.77 bits per heavy atom. The molecule has 26 heavy (non-hydrogen) atoms. The highest BCUT2D eigenvalue weighted by Gasteiger charge is 2.43. The van der Waals surface area contributed by atoms with Crippen LogP contribution in [0.3, 0.4) is 0 Å². The van der Waals surface area contributed by atoms with Crippen molar-refractivity contribution in [2.75, 3.05) is 19.7 Å². The summed E-state index contributed by atoms with van der Waals surface area (Å²) in [5, 5.41) is 4.70. The number of hydrogen-bond donors (Lipinski definition) is 1. The number of Topliss-reactive ketones (excluding diaryl/α,β-unsaturated/α-hetero) is 2. The average Bonchev–Trinajstić information content (AvgIpc) is 3.21. The number of sulfone groups is 1. The summed E-state index contributed by atoms with van der Waals surface area (Å²) >= 11 is 1.01. The summed E-state index contributed by atoms with van der Waals surface area (Å²) in [6.07, 6.45) is -0.779. The Bertz CT molecular complexity index is 1020. The molecular formula is C18H15NO5S2. The van der Waals surface area contributed by atoms with Gasteiger partial charge in [-0.2, -0.15) is 0 Å². The molecule has 0 saturated carbocycles. The first-order valence-electron chi connectivity index (χ1n) is 8.05.